The molecule has 1 heterocycles. The largest absolute Gasteiger partial charge is 0.347 e. The van der Waals surface area contributed by atoms with Crippen molar-refractivity contribution in [3.05, 3.63) is 58.2 Å². The SMILES string of the molecule is Cc1c(Cl)cccc1NC(=O)n1ncc2cc(Cl)ccc21. The Kier molecular flexibility index (Phi) is 3.57. The quantitative estimate of drug-likeness (QED) is 0.704. The Morgan fingerprint density at radius 2 is 2.05 bits per heavy atom. The zero-order valence-electron chi connectivity index (χ0n) is 11.1. The number of fused-ring (bicyclic) bond motifs is 1. The summed E-state index contributed by atoms with van der Waals surface area (Å²) in [6.07, 6.45) is 1.60. The first-order valence-corrected chi connectivity index (χ1v) is 7.01. The molecule has 0 saturated heterocycles. The van der Waals surface area contributed by atoms with Gasteiger partial charge in [0.05, 0.1) is 11.7 Å². The molecule has 3 aromatic rings. The fraction of sp³-hybridized carbons (Fsp3) is 0.0667. The minimum Gasteiger partial charge on any atom is -0.306 e. The maximum atomic E-state index is 12.4. The fourth-order valence-corrected chi connectivity index (χ4v) is 2.43. The molecule has 4 nitrogen and oxygen atoms in total. The smallest absolute Gasteiger partial charge is 0.306 e. The molecule has 0 unspecified atom stereocenters. The first-order chi connectivity index (χ1) is 10.1. The Balaban J connectivity index is 1.96. The van der Waals surface area contributed by atoms with Crippen molar-refractivity contribution in [1.82, 2.24) is 9.78 Å². The van der Waals surface area contributed by atoms with Gasteiger partial charge in [0.2, 0.25) is 0 Å². The van der Waals surface area contributed by atoms with Crippen LogP contribution in [0.4, 0.5) is 10.5 Å². The maximum Gasteiger partial charge on any atom is 0.347 e. The molecule has 1 aromatic heterocycles. The zero-order chi connectivity index (χ0) is 15.0. The Bertz CT molecular complexity index is 842. The minimum absolute atomic E-state index is 0.349. The fourth-order valence-electron chi connectivity index (χ4n) is 2.08. The third-order valence-electron chi connectivity index (χ3n) is 3.23. The molecule has 0 bridgehead atoms. The van der Waals surface area contributed by atoms with Gasteiger partial charge >= 0.3 is 6.03 Å². The number of benzene rings is 2. The number of aromatic nitrogens is 2. The topological polar surface area (TPSA) is 46.9 Å². The van der Waals surface area contributed by atoms with Gasteiger partial charge in [0.1, 0.15) is 0 Å². The van der Waals surface area contributed by atoms with Crippen LogP contribution in [-0.2, 0) is 0 Å². The first kappa shape index (κ1) is 13.9. The summed E-state index contributed by atoms with van der Waals surface area (Å²) in [7, 11) is 0. The van der Waals surface area contributed by atoms with E-state index < -0.39 is 0 Å². The third kappa shape index (κ3) is 2.60. The summed E-state index contributed by atoms with van der Waals surface area (Å²) in [6, 6.07) is 10.2. The summed E-state index contributed by atoms with van der Waals surface area (Å²) in [5.74, 6) is 0. The van der Waals surface area contributed by atoms with E-state index in [1.807, 2.05) is 6.92 Å². The maximum absolute atomic E-state index is 12.4. The van der Waals surface area contributed by atoms with E-state index in [0.29, 0.717) is 21.2 Å². The highest BCUT2D eigenvalue weighted by molar-refractivity contribution is 6.32. The number of halogens is 2. The molecule has 106 valence electrons. The monoisotopic (exact) mass is 319 g/mol. The van der Waals surface area contributed by atoms with Crippen molar-refractivity contribution >= 4 is 45.8 Å². The van der Waals surface area contributed by atoms with Crippen LogP contribution >= 0.6 is 23.2 Å². The van der Waals surface area contributed by atoms with Crippen LogP contribution < -0.4 is 5.32 Å². The van der Waals surface area contributed by atoms with E-state index in [9.17, 15) is 4.79 Å². The van der Waals surface area contributed by atoms with Crippen molar-refractivity contribution in [2.75, 3.05) is 5.32 Å². The van der Waals surface area contributed by atoms with Crippen molar-refractivity contribution in [2.24, 2.45) is 0 Å². The van der Waals surface area contributed by atoms with Crippen LogP contribution in [0.3, 0.4) is 0 Å². The van der Waals surface area contributed by atoms with Crippen LogP contribution in [0.15, 0.2) is 42.6 Å². The second-order valence-electron chi connectivity index (χ2n) is 4.60. The highest BCUT2D eigenvalue weighted by atomic mass is 35.5. The highest BCUT2D eigenvalue weighted by Gasteiger charge is 2.12. The zero-order valence-corrected chi connectivity index (χ0v) is 12.6. The van der Waals surface area contributed by atoms with Crippen molar-refractivity contribution in [3.8, 4) is 0 Å². The molecule has 0 atom stereocenters. The molecule has 0 radical (unpaired) electrons. The Labute approximate surface area is 131 Å². The molecule has 1 amide bonds. The van der Waals surface area contributed by atoms with Gasteiger partial charge in [0.25, 0.3) is 0 Å². The molecule has 0 aliphatic heterocycles. The molecule has 2 aromatic carbocycles. The average molecular weight is 320 g/mol. The van der Waals surface area contributed by atoms with Crippen molar-refractivity contribution < 1.29 is 4.79 Å². The predicted molar refractivity (Wildman–Crippen MR) is 85.3 cm³/mol. The van der Waals surface area contributed by atoms with Gasteiger partial charge in [0, 0.05) is 21.1 Å². The van der Waals surface area contributed by atoms with Crippen LogP contribution in [0.1, 0.15) is 5.56 Å². The van der Waals surface area contributed by atoms with E-state index in [2.05, 4.69) is 10.4 Å². The standard InChI is InChI=1S/C15H11Cl2N3O/c1-9-12(17)3-2-4-13(9)19-15(21)20-14-6-5-11(16)7-10(14)8-18-20/h2-8H,1H3,(H,19,21). The lowest BCUT2D eigenvalue weighted by atomic mass is 10.2. The predicted octanol–water partition coefficient (Wildman–Crippen LogP) is 4.73. The van der Waals surface area contributed by atoms with Crippen molar-refractivity contribution in [2.45, 2.75) is 6.92 Å². The van der Waals surface area contributed by atoms with E-state index in [-0.39, 0.29) is 6.03 Å². The summed E-state index contributed by atoms with van der Waals surface area (Å²) in [6.45, 7) is 1.85. The van der Waals surface area contributed by atoms with Crippen LogP contribution in [0.5, 0.6) is 0 Å². The van der Waals surface area contributed by atoms with Gasteiger partial charge in [-0.05, 0) is 42.8 Å². The number of carbonyl (C=O) groups is 1. The number of carbonyl (C=O) groups excluding carboxylic acids is 1. The number of amides is 1. The Morgan fingerprint density at radius 3 is 2.86 bits per heavy atom. The number of nitrogens with zero attached hydrogens (tertiary/aromatic N) is 2. The lowest BCUT2D eigenvalue weighted by molar-refractivity contribution is 0.252. The number of anilines is 1. The van der Waals surface area contributed by atoms with Gasteiger partial charge in [-0.2, -0.15) is 9.78 Å². The molecule has 0 aliphatic rings. The molecule has 6 heteroatoms. The molecular weight excluding hydrogens is 309 g/mol. The lowest BCUT2D eigenvalue weighted by Crippen LogP contribution is -2.21. The third-order valence-corrected chi connectivity index (χ3v) is 3.88. The summed E-state index contributed by atoms with van der Waals surface area (Å²) in [5, 5.41) is 8.91. The van der Waals surface area contributed by atoms with Gasteiger partial charge in [0.15, 0.2) is 0 Å². The normalized spacial score (nSPS) is 10.8. The molecule has 21 heavy (non-hydrogen) atoms. The van der Waals surface area contributed by atoms with Crippen LogP contribution in [0.25, 0.3) is 10.9 Å². The van der Waals surface area contributed by atoms with E-state index in [0.717, 1.165) is 10.9 Å². The van der Waals surface area contributed by atoms with Gasteiger partial charge in [-0.15, -0.1) is 0 Å². The van der Waals surface area contributed by atoms with Gasteiger partial charge in [-0.3, -0.25) is 0 Å². The molecular formula is C15H11Cl2N3O. The molecule has 0 saturated carbocycles. The van der Waals surface area contributed by atoms with Gasteiger partial charge in [-0.1, -0.05) is 29.3 Å². The van der Waals surface area contributed by atoms with Crippen molar-refractivity contribution in [3.63, 3.8) is 0 Å². The van der Waals surface area contributed by atoms with E-state index >= 15 is 0 Å². The number of nitrogens with one attached hydrogen (secondary N) is 1. The van der Waals surface area contributed by atoms with Crippen molar-refractivity contribution in [1.29, 1.82) is 0 Å². The number of hydrogen-bond donors (Lipinski definition) is 1. The summed E-state index contributed by atoms with van der Waals surface area (Å²) < 4.78 is 1.30. The second kappa shape index (κ2) is 5.39. The van der Waals surface area contributed by atoms with E-state index in [1.54, 1.807) is 42.6 Å². The second-order valence-corrected chi connectivity index (χ2v) is 5.45. The summed E-state index contributed by atoms with van der Waals surface area (Å²) in [4.78, 5) is 12.4. The first-order valence-electron chi connectivity index (χ1n) is 6.26. The van der Waals surface area contributed by atoms with Crippen LogP contribution in [0.2, 0.25) is 10.0 Å². The van der Waals surface area contributed by atoms with E-state index in [4.69, 9.17) is 23.2 Å². The summed E-state index contributed by atoms with van der Waals surface area (Å²) >= 11 is 12.0. The van der Waals surface area contributed by atoms with Crippen LogP contribution in [-0.4, -0.2) is 15.8 Å². The van der Waals surface area contributed by atoms with Gasteiger partial charge < -0.3 is 5.32 Å². The van der Waals surface area contributed by atoms with Gasteiger partial charge in [-0.25, -0.2) is 4.79 Å². The van der Waals surface area contributed by atoms with Crippen LogP contribution in [0, 0.1) is 6.92 Å². The molecule has 1 N–H and O–H groups in total. The Morgan fingerprint density at radius 1 is 1.24 bits per heavy atom. The average Bonchev–Trinajstić information content (AvgIpc) is 2.86. The lowest BCUT2D eigenvalue weighted by Gasteiger charge is -2.09. The number of rotatable bonds is 1. The molecule has 0 aliphatic carbocycles. The number of hydrogen-bond acceptors (Lipinski definition) is 2. The minimum atomic E-state index is -0.349. The molecule has 3 rings (SSSR count). The molecule has 0 fully saturated rings. The molecule has 0 spiro atoms. The Hall–Kier alpha value is -2.04. The highest BCUT2D eigenvalue weighted by Crippen LogP contribution is 2.24. The summed E-state index contributed by atoms with van der Waals surface area (Å²) in [5.41, 5.74) is 2.16. The van der Waals surface area contributed by atoms with E-state index in [1.165, 1.54) is 4.68 Å².